The Hall–Kier alpha value is -1.91. The van der Waals surface area contributed by atoms with E-state index in [-0.39, 0.29) is 10.3 Å². The number of hydrogen-bond acceptors (Lipinski definition) is 2. The van der Waals surface area contributed by atoms with Crippen LogP contribution in [0.5, 0.6) is 0 Å². The minimum atomic E-state index is -5.80. The monoisotopic (exact) mass is 239 g/mol. The molecule has 1 aromatic heterocycles. The molecular weight excluding hydrogens is 235 g/mol. The molecule has 1 aromatic rings. The van der Waals surface area contributed by atoms with Crippen molar-refractivity contribution in [2.45, 2.75) is 12.3 Å². The van der Waals surface area contributed by atoms with E-state index >= 15 is 0 Å². The minimum absolute atomic E-state index is 0.107. The summed E-state index contributed by atoms with van der Waals surface area (Å²) < 4.78 is 60.1. The third-order valence-corrected chi connectivity index (χ3v) is 1.48. The zero-order valence-corrected chi connectivity index (χ0v) is 7.50. The fraction of sp³-hybridized carbons (Fsp3) is 0.250. The number of hydrogen-bond donors (Lipinski definition) is 0. The molecule has 1 rings (SSSR count). The molecule has 0 N–H and O–H groups in total. The first-order valence-corrected chi connectivity index (χ1v) is 3.82. The third kappa shape index (κ3) is 2.56. The van der Waals surface area contributed by atoms with Crippen LogP contribution in [0.2, 0.25) is 0 Å². The Bertz CT molecular complexity index is 406. The molecule has 86 valence electrons. The SMILES string of the molecule is N#Cc1cc[n+](OC(F)(F)C(F)(F)F)cc1. The fourth-order valence-corrected chi connectivity index (χ4v) is 0.732. The summed E-state index contributed by atoms with van der Waals surface area (Å²) in [4.78, 5) is 3.41. The van der Waals surface area contributed by atoms with Crippen molar-refractivity contribution in [3.8, 4) is 6.07 Å². The van der Waals surface area contributed by atoms with E-state index in [1.54, 1.807) is 6.07 Å². The van der Waals surface area contributed by atoms with Gasteiger partial charge in [0.05, 0.1) is 11.6 Å². The van der Waals surface area contributed by atoms with Gasteiger partial charge < -0.3 is 0 Å². The lowest BCUT2D eigenvalue weighted by molar-refractivity contribution is -0.927. The number of aromatic nitrogens is 1. The van der Waals surface area contributed by atoms with Gasteiger partial charge in [-0.2, -0.15) is 32.1 Å². The van der Waals surface area contributed by atoms with E-state index in [1.807, 2.05) is 0 Å². The molecule has 0 amide bonds. The Balaban J connectivity index is 2.85. The fourth-order valence-electron chi connectivity index (χ4n) is 0.732. The van der Waals surface area contributed by atoms with Gasteiger partial charge in [0.25, 0.3) is 0 Å². The summed E-state index contributed by atoms with van der Waals surface area (Å²) >= 11 is 0. The van der Waals surface area contributed by atoms with Crippen LogP contribution >= 0.6 is 0 Å². The lowest BCUT2D eigenvalue weighted by Crippen LogP contribution is -2.57. The van der Waals surface area contributed by atoms with Crippen LogP contribution in [0.1, 0.15) is 5.56 Å². The molecule has 0 aliphatic carbocycles. The summed E-state index contributed by atoms with van der Waals surface area (Å²) in [7, 11) is 0. The molecule has 1 heterocycles. The predicted molar refractivity (Wildman–Crippen MR) is 38.9 cm³/mol. The second-order valence-corrected chi connectivity index (χ2v) is 2.66. The van der Waals surface area contributed by atoms with Gasteiger partial charge in [-0.3, -0.25) is 0 Å². The molecule has 0 spiro atoms. The predicted octanol–water partition coefficient (Wildman–Crippen LogP) is 1.43. The highest BCUT2D eigenvalue weighted by Crippen LogP contribution is 2.33. The zero-order valence-electron chi connectivity index (χ0n) is 7.50. The first-order chi connectivity index (χ1) is 7.26. The molecule has 3 nitrogen and oxygen atoms in total. The molecule has 0 bridgehead atoms. The molecule has 0 fully saturated rings. The third-order valence-electron chi connectivity index (χ3n) is 1.48. The number of halogens is 5. The summed E-state index contributed by atoms with van der Waals surface area (Å²) in [6.07, 6.45) is -9.53. The second kappa shape index (κ2) is 3.92. The zero-order chi connectivity index (χ0) is 12.4. The van der Waals surface area contributed by atoms with Crippen LogP contribution in [0, 0.1) is 11.3 Å². The van der Waals surface area contributed by atoms with Gasteiger partial charge in [-0.15, -0.1) is 0 Å². The number of nitrogens with zero attached hydrogens (tertiary/aromatic N) is 2. The Morgan fingerprint density at radius 3 is 2.00 bits per heavy atom. The molecule has 0 aromatic carbocycles. The normalized spacial score (nSPS) is 12.0. The number of pyridine rings is 1. The van der Waals surface area contributed by atoms with Gasteiger partial charge in [-0.1, -0.05) is 0 Å². The first kappa shape index (κ1) is 12.2. The Labute approximate surface area is 86.2 Å². The average molecular weight is 239 g/mol. The van der Waals surface area contributed by atoms with Crippen LogP contribution in [-0.4, -0.2) is 12.3 Å². The highest BCUT2D eigenvalue weighted by atomic mass is 19.4. The standard InChI is InChI=1S/C8H4F5N2O/c9-7(10,11)8(12,13)16-15-3-1-6(5-14)2-4-15/h1-4H/q+1. The van der Waals surface area contributed by atoms with Gasteiger partial charge in [-0.05, 0) is 0 Å². The van der Waals surface area contributed by atoms with E-state index in [9.17, 15) is 22.0 Å². The van der Waals surface area contributed by atoms with Crippen molar-refractivity contribution in [2.24, 2.45) is 0 Å². The van der Waals surface area contributed by atoms with Crippen molar-refractivity contribution < 1.29 is 31.5 Å². The van der Waals surface area contributed by atoms with Crippen LogP contribution in [0.3, 0.4) is 0 Å². The van der Waals surface area contributed by atoms with E-state index in [0.29, 0.717) is 0 Å². The number of alkyl halides is 5. The van der Waals surface area contributed by atoms with Crippen molar-refractivity contribution in [2.75, 3.05) is 0 Å². The smallest absolute Gasteiger partial charge is 0.192 e. The van der Waals surface area contributed by atoms with Gasteiger partial charge in [0.1, 0.15) is 0 Å². The van der Waals surface area contributed by atoms with Crippen molar-refractivity contribution in [3.63, 3.8) is 0 Å². The van der Waals surface area contributed by atoms with Crippen molar-refractivity contribution in [1.82, 2.24) is 0 Å². The molecule has 0 saturated heterocycles. The highest BCUT2D eigenvalue weighted by Gasteiger charge is 2.64. The van der Waals surface area contributed by atoms with Gasteiger partial charge >= 0.3 is 12.3 Å². The number of rotatable bonds is 2. The molecule has 8 heteroatoms. The number of nitriles is 1. The van der Waals surface area contributed by atoms with E-state index in [4.69, 9.17) is 5.26 Å². The summed E-state index contributed by atoms with van der Waals surface area (Å²) in [5.74, 6) is 0. The maximum absolute atomic E-state index is 12.4. The molecule has 0 radical (unpaired) electrons. The molecule has 0 saturated carbocycles. The minimum Gasteiger partial charge on any atom is -0.192 e. The lowest BCUT2D eigenvalue weighted by Gasteiger charge is -2.14. The van der Waals surface area contributed by atoms with Gasteiger partial charge in [0.2, 0.25) is 12.4 Å². The molecule has 0 atom stereocenters. The first-order valence-electron chi connectivity index (χ1n) is 3.82. The van der Waals surface area contributed by atoms with Crippen LogP contribution in [0.15, 0.2) is 24.5 Å². The lowest BCUT2D eigenvalue weighted by atomic mass is 10.3. The topological polar surface area (TPSA) is 36.9 Å². The average Bonchev–Trinajstić information content (AvgIpc) is 2.16. The second-order valence-electron chi connectivity index (χ2n) is 2.66. The van der Waals surface area contributed by atoms with Crippen LogP contribution < -0.4 is 9.57 Å². The van der Waals surface area contributed by atoms with Gasteiger partial charge in [-0.25, -0.2) is 0 Å². The van der Waals surface area contributed by atoms with Crippen LogP contribution in [0.25, 0.3) is 0 Å². The Kier molecular flexibility index (Phi) is 2.98. The maximum Gasteiger partial charge on any atom is 0.556 e. The molecule has 16 heavy (non-hydrogen) atoms. The van der Waals surface area contributed by atoms with Gasteiger partial charge in [0.15, 0.2) is 0 Å². The maximum atomic E-state index is 12.4. The van der Waals surface area contributed by atoms with Gasteiger partial charge in [0, 0.05) is 16.9 Å². The molecule has 0 unspecified atom stereocenters. The van der Waals surface area contributed by atoms with E-state index in [1.165, 1.54) is 0 Å². The van der Waals surface area contributed by atoms with Crippen molar-refractivity contribution in [1.29, 1.82) is 5.26 Å². The Morgan fingerprint density at radius 1 is 1.12 bits per heavy atom. The molecule has 0 aliphatic heterocycles. The molecule has 0 aliphatic rings. The summed E-state index contributed by atoms with van der Waals surface area (Å²) in [6.45, 7) is 0. The van der Waals surface area contributed by atoms with Crippen molar-refractivity contribution in [3.05, 3.63) is 30.1 Å². The highest BCUT2D eigenvalue weighted by molar-refractivity contribution is 5.23. The van der Waals surface area contributed by atoms with Crippen LogP contribution in [-0.2, 0) is 0 Å². The van der Waals surface area contributed by atoms with Crippen LogP contribution in [0.4, 0.5) is 22.0 Å². The van der Waals surface area contributed by atoms with E-state index in [0.717, 1.165) is 24.5 Å². The van der Waals surface area contributed by atoms with E-state index in [2.05, 4.69) is 4.84 Å². The quantitative estimate of drug-likeness (QED) is 0.578. The largest absolute Gasteiger partial charge is 0.556 e. The summed E-state index contributed by atoms with van der Waals surface area (Å²) in [6, 6.07) is 3.74. The van der Waals surface area contributed by atoms with Crippen molar-refractivity contribution >= 4 is 0 Å². The summed E-state index contributed by atoms with van der Waals surface area (Å²) in [5, 5.41) is 8.36. The van der Waals surface area contributed by atoms with E-state index < -0.39 is 12.3 Å². The molecular formula is C8H4F5N2O+. The Morgan fingerprint density at radius 2 is 1.62 bits per heavy atom. The summed E-state index contributed by atoms with van der Waals surface area (Å²) in [5.41, 5.74) is 0.107.